The summed E-state index contributed by atoms with van der Waals surface area (Å²) in [5, 5.41) is 3.53. The molecule has 0 bridgehead atoms. The molecule has 144 valence electrons. The Morgan fingerprint density at radius 2 is 2.04 bits per heavy atom. The van der Waals surface area contributed by atoms with Crippen LogP contribution in [-0.2, 0) is 4.79 Å². The quantitative estimate of drug-likeness (QED) is 0.590. The van der Waals surface area contributed by atoms with Crippen LogP contribution in [0.25, 0.3) is 5.69 Å². The molecule has 8 heteroatoms. The lowest BCUT2D eigenvalue weighted by atomic mass is 10.3. The van der Waals surface area contributed by atoms with E-state index in [1.165, 1.54) is 10.8 Å². The first-order valence-corrected chi connectivity index (χ1v) is 9.92. The maximum absolute atomic E-state index is 12.7. The van der Waals surface area contributed by atoms with Crippen molar-refractivity contribution in [3.05, 3.63) is 76.3 Å². The Balaban J connectivity index is 1.69. The lowest BCUT2D eigenvalue weighted by Crippen LogP contribution is -2.22. The highest BCUT2D eigenvalue weighted by atomic mass is 35.5. The minimum absolute atomic E-state index is 0.0576. The summed E-state index contributed by atoms with van der Waals surface area (Å²) in [7, 11) is 0. The van der Waals surface area contributed by atoms with Crippen LogP contribution in [0.1, 0.15) is 6.92 Å². The maximum atomic E-state index is 12.7. The number of amides is 1. The van der Waals surface area contributed by atoms with E-state index in [1.54, 1.807) is 54.7 Å². The van der Waals surface area contributed by atoms with Crippen LogP contribution in [0.2, 0.25) is 5.02 Å². The fourth-order valence-electron chi connectivity index (χ4n) is 2.46. The van der Waals surface area contributed by atoms with Gasteiger partial charge in [0.15, 0.2) is 5.03 Å². The van der Waals surface area contributed by atoms with E-state index in [0.29, 0.717) is 23.0 Å². The van der Waals surface area contributed by atoms with E-state index in [4.69, 9.17) is 16.3 Å². The Hall–Kier alpha value is -2.77. The van der Waals surface area contributed by atoms with E-state index in [1.807, 2.05) is 6.92 Å². The second kappa shape index (κ2) is 9.43. The van der Waals surface area contributed by atoms with Crippen molar-refractivity contribution < 1.29 is 9.53 Å². The number of thioether (sulfide) groups is 1. The van der Waals surface area contributed by atoms with Gasteiger partial charge >= 0.3 is 0 Å². The number of halogens is 1. The minimum Gasteiger partial charge on any atom is -0.494 e. The van der Waals surface area contributed by atoms with Crippen molar-refractivity contribution in [3.8, 4) is 11.4 Å². The molecule has 0 spiro atoms. The van der Waals surface area contributed by atoms with E-state index < -0.39 is 0 Å². The average Bonchev–Trinajstić information content (AvgIpc) is 2.68. The Morgan fingerprint density at radius 1 is 1.25 bits per heavy atom. The highest BCUT2D eigenvalue weighted by molar-refractivity contribution is 7.99. The number of hydrogen-bond acceptors (Lipinski definition) is 5. The number of aromatic nitrogens is 2. The summed E-state index contributed by atoms with van der Waals surface area (Å²) in [5.41, 5.74) is 1.01. The van der Waals surface area contributed by atoms with Gasteiger partial charge < -0.3 is 10.1 Å². The van der Waals surface area contributed by atoms with Crippen molar-refractivity contribution in [1.82, 2.24) is 9.55 Å². The zero-order valence-electron chi connectivity index (χ0n) is 15.1. The molecule has 2 aromatic carbocycles. The smallest absolute Gasteiger partial charge is 0.287 e. The number of benzene rings is 2. The summed E-state index contributed by atoms with van der Waals surface area (Å²) in [6.45, 7) is 2.49. The van der Waals surface area contributed by atoms with Crippen molar-refractivity contribution in [1.29, 1.82) is 0 Å². The molecule has 3 aromatic rings. The number of hydrogen-bond donors (Lipinski definition) is 1. The maximum Gasteiger partial charge on any atom is 0.287 e. The third-order valence-electron chi connectivity index (χ3n) is 3.68. The normalized spacial score (nSPS) is 10.5. The first-order valence-electron chi connectivity index (χ1n) is 8.56. The van der Waals surface area contributed by atoms with Gasteiger partial charge in [-0.3, -0.25) is 14.2 Å². The third-order valence-corrected chi connectivity index (χ3v) is 4.88. The monoisotopic (exact) mass is 415 g/mol. The van der Waals surface area contributed by atoms with Crippen LogP contribution in [0.4, 0.5) is 5.69 Å². The number of anilines is 1. The lowest BCUT2D eigenvalue weighted by molar-refractivity contribution is -0.113. The molecule has 1 N–H and O–H groups in total. The van der Waals surface area contributed by atoms with Crippen molar-refractivity contribution in [2.24, 2.45) is 0 Å². The second-order valence-corrected chi connectivity index (χ2v) is 7.08. The third kappa shape index (κ3) is 5.15. The van der Waals surface area contributed by atoms with Crippen molar-refractivity contribution in [2.45, 2.75) is 11.9 Å². The molecule has 6 nitrogen and oxygen atoms in total. The molecule has 0 aliphatic heterocycles. The van der Waals surface area contributed by atoms with Gasteiger partial charge in [0.25, 0.3) is 5.56 Å². The van der Waals surface area contributed by atoms with Gasteiger partial charge in [-0.1, -0.05) is 29.4 Å². The molecule has 28 heavy (non-hydrogen) atoms. The van der Waals surface area contributed by atoms with Crippen LogP contribution in [0.5, 0.6) is 5.75 Å². The van der Waals surface area contributed by atoms with E-state index in [9.17, 15) is 9.59 Å². The standard InChI is InChI=1S/C20H18ClN3O3S/c1-2-27-17-8-6-16(7-9-17)24-11-10-22-19(20(24)26)28-13-18(25)23-15-5-3-4-14(21)12-15/h3-12H,2,13H2,1H3,(H,23,25). The summed E-state index contributed by atoms with van der Waals surface area (Å²) >= 11 is 6.99. The topological polar surface area (TPSA) is 73.2 Å². The molecular formula is C20H18ClN3O3S. The van der Waals surface area contributed by atoms with Gasteiger partial charge in [0.2, 0.25) is 5.91 Å². The van der Waals surface area contributed by atoms with Crippen LogP contribution in [-0.4, -0.2) is 27.8 Å². The van der Waals surface area contributed by atoms with Gasteiger partial charge in [0, 0.05) is 28.8 Å². The van der Waals surface area contributed by atoms with Crippen LogP contribution in [0.3, 0.4) is 0 Å². The summed E-state index contributed by atoms with van der Waals surface area (Å²) < 4.78 is 6.90. The number of rotatable bonds is 7. The predicted octanol–water partition coefficient (Wildman–Crippen LogP) is 4.02. The SMILES string of the molecule is CCOc1ccc(-n2ccnc(SCC(=O)Nc3cccc(Cl)c3)c2=O)cc1. The van der Waals surface area contributed by atoms with E-state index in [-0.39, 0.29) is 22.2 Å². The Morgan fingerprint density at radius 3 is 2.75 bits per heavy atom. The molecule has 0 aliphatic carbocycles. The first kappa shape index (κ1) is 20.0. The number of carbonyl (C=O) groups excluding carboxylic acids is 1. The molecule has 0 atom stereocenters. The van der Waals surface area contributed by atoms with E-state index in [2.05, 4.69) is 10.3 Å². The zero-order chi connectivity index (χ0) is 19.9. The van der Waals surface area contributed by atoms with Crippen LogP contribution in [0, 0.1) is 0 Å². The summed E-state index contributed by atoms with van der Waals surface area (Å²) in [4.78, 5) is 28.9. The van der Waals surface area contributed by atoms with Crippen LogP contribution >= 0.6 is 23.4 Å². The van der Waals surface area contributed by atoms with Crippen molar-refractivity contribution in [3.63, 3.8) is 0 Å². The molecule has 3 rings (SSSR count). The fourth-order valence-corrected chi connectivity index (χ4v) is 3.35. The summed E-state index contributed by atoms with van der Waals surface area (Å²) in [5.74, 6) is 0.549. The molecular weight excluding hydrogens is 398 g/mol. The second-order valence-electron chi connectivity index (χ2n) is 5.68. The molecule has 1 heterocycles. The first-order chi connectivity index (χ1) is 13.6. The van der Waals surface area contributed by atoms with Gasteiger partial charge in [0.1, 0.15) is 5.75 Å². The van der Waals surface area contributed by atoms with Gasteiger partial charge in [-0.15, -0.1) is 0 Å². The number of nitrogens with one attached hydrogen (secondary N) is 1. The van der Waals surface area contributed by atoms with Gasteiger partial charge in [-0.2, -0.15) is 0 Å². The predicted molar refractivity (Wildman–Crippen MR) is 112 cm³/mol. The Bertz CT molecular complexity index is 1020. The fraction of sp³-hybridized carbons (Fsp3) is 0.150. The molecule has 1 aromatic heterocycles. The van der Waals surface area contributed by atoms with Gasteiger partial charge in [0.05, 0.1) is 12.4 Å². The number of nitrogens with zero attached hydrogens (tertiary/aromatic N) is 2. The minimum atomic E-state index is -0.285. The van der Waals surface area contributed by atoms with E-state index in [0.717, 1.165) is 17.5 Å². The summed E-state index contributed by atoms with van der Waals surface area (Å²) in [6.07, 6.45) is 3.13. The molecule has 1 amide bonds. The Kier molecular flexibility index (Phi) is 6.73. The molecule has 0 radical (unpaired) electrons. The largest absolute Gasteiger partial charge is 0.494 e. The molecule has 0 aliphatic rings. The summed E-state index contributed by atoms with van der Waals surface area (Å²) in [6, 6.07) is 14.1. The number of ether oxygens (including phenoxy) is 1. The zero-order valence-corrected chi connectivity index (χ0v) is 16.7. The van der Waals surface area contributed by atoms with Gasteiger partial charge in [-0.05, 0) is 49.4 Å². The highest BCUT2D eigenvalue weighted by Gasteiger charge is 2.10. The number of carbonyl (C=O) groups is 1. The Labute approximate surface area is 171 Å². The van der Waals surface area contributed by atoms with Crippen molar-refractivity contribution in [2.75, 3.05) is 17.7 Å². The molecule has 0 unspecified atom stereocenters. The molecule has 0 saturated carbocycles. The van der Waals surface area contributed by atoms with Crippen LogP contribution in [0.15, 0.2) is 70.7 Å². The lowest BCUT2D eigenvalue weighted by Gasteiger charge is -2.09. The average molecular weight is 416 g/mol. The molecule has 0 fully saturated rings. The van der Waals surface area contributed by atoms with E-state index >= 15 is 0 Å². The van der Waals surface area contributed by atoms with Crippen LogP contribution < -0.4 is 15.6 Å². The molecule has 0 saturated heterocycles. The van der Waals surface area contributed by atoms with Crippen molar-refractivity contribution >= 4 is 35.0 Å². The van der Waals surface area contributed by atoms with Gasteiger partial charge in [-0.25, -0.2) is 4.98 Å². The highest BCUT2D eigenvalue weighted by Crippen LogP contribution is 2.18.